The Morgan fingerprint density at radius 1 is 1.29 bits per heavy atom. The average molecular weight is 483 g/mol. The van der Waals surface area contributed by atoms with Gasteiger partial charge in [-0.1, -0.05) is 46.3 Å². The van der Waals surface area contributed by atoms with Gasteiger partial charge in [0.15, 0.2) is 0 Å². The third-order valence-electron chi connectivity index (χ3n) is 3.87. The van der Waals surface area contributed by atoms with Crippen LogP contribution in [0.2, 0.25) is 5.02 Å². The molecular formula is C20H14BrClFNO3S. The minimum Gasteiger partial charge on any atom is -0.489 e. The van der Waals surface area contributed by atoms with Crippen LogP contribution in [0.4, 0.5) is 9.18 Å². The fourth-order valence-electron chi connectivity index (χ4n) is 2.53. The molecule has 8 heteroatoms. The Kier molecular flexibility index (Phi) is 6.59. The van der Waals surface area contributed by atoms with E-state index in [1.807, 2.05) is 6.07 Å². The van der Waals surface area contributed by atoms with Crippen LogP contribution in [-0.4, -0.2) is 22.7 Å². The van der Waals surface area contributed by atoms with Crippen LogP contribution in [0.1, 0.15) is 11.1 Å². The Balaban J connectivity index is 1.89. The zero-order valence-corrected chi connectivity index (χ0v) is 17.6. The summed E-state index contributed by atoms with van der Waals surface area (Å²) in [5, 5.41) is -0.325. The van der Waals surface area contributed by atoms with Crippen LogP contribution >= 0.6 is 39.3 Å². The van der Waals surface area contributed by atoms with Crippen molar-refractivity contribution in [2.24, 2.45) is 0 Å². The number of hydrogen-bond donors (Lipinski definition) is 0. The Labute approximate surface area is 179 Å². The van der Waals surface area contributed by atoms with Gasteiger partial charge in [-0.2, -0.15) is 0 Å². The topological polar surface area (TPSA) is 46.6 Å². The molecule has 0 aliphatic carbocycles. The first-order valence-corrected chi connectivity index (χ1v) is 10.1. The molecule has 4 nitrogen and oxygen atoms in total. The highest BCUT2D eigenvalue weighted by atomic mass is 79.9. The number of halogens is 3. The fourth-order valence-corrected chi connectivity index (χ4v) is 3.96. The zero-order valence-electron chi connectivity index (χ0n) is 14.5. The maximum absolute atomic E-state index is 14.0. The van der Waals surface area contributed by atoms with E-state index < -0.39 is 17.0 Å². The number of benzene rings is 2. The number of hydrogen-bond acceptors (Lipinski definition) is 4. The smallest absolute Gasteiger partial charge is 0.293 e. The van der Waals surface area contributed by atoms with Crippen molar-refractivity contribution in [2.75, 3.05) is 6.61 Å². The van der Waals surface area contributed by atoms with Crippen molar-refractivity contribution < 1.29 is 18.7 Å². The first kappa shape index (κ1) is 20.6. The highest BCUT2D eigenvalue weighted by molar-refractivity contribution is 9.10. The molecule has 2 aromatic rings. The molecule has 0 radical (unpaired) electrons. The van der Waals surface area contributed by atoms with E-state index >= 15 is 0 Å². The molecule has 0 aromatic heterocycles. The van der Waals surface area contributed by atoms with Gasteiger partial charge in [0.25, 0.3) is 11.1 Å². The zero-order chi connectivity index (χ0) is 20.3. The van der Waals surface area contributed by atoms with Crippen LogP contribution in [0.5, 0.6) is 5.75 Å². The number of carbonyl (C=O) groups excluding carboxylic acids is 2. The number of nitrogens with zero attached hydrogens (tertiary/aromatic N) is 1. The van der Waals surface area contributed by atoms with Gasteiger partial charge in [0, 0.05) is 20.6 Å². The lowest BCUT2D eigenvalue weighted by atomic mass is 10.1. The number of thioether (sulfide) groups is 1. The molecule has 0 saturated carbocycles. The Morgan fingerprint density at radius 2 is 2.07 bits per heavy atom. The van der Waals surface area contributed by atoms with Crippen molar-refractivity contribution in [3.8, 4) is 5.75 Å². The van der Waals surface area contributed by atoms with Crippen LogP contribution in [-0.2, 0) is 11.3 Å². The lowest BCUT2D eigenvalue weighted by Crippen LogP contribution is -2.28. The molecule has 1 saturated heterocycles. The molecule has 0 bridgehead atoms. The third kappa shape index (κ3) is 4.48. The molecule has 1 heterocycles. The van der Waals surface area contributed by atoms with Gasteiger partial charge in [-0.15, -0.1) is 0 Å². The lowest BCUT2D eigenvalue weighted by Gasteiger charge is -2.14. The normalized spacial score (nSPS) is 15.4. The molecule has 28 heavy (non-hydrogen) atoms. The number of imide groups is 1. The van der Waals surface area contributed by atoms with Crippen LogP contribution in [0.15, 0.2) is 58.4 Å². The van der Waals surface area contributed by atoms with Crippen molar-refractivity contribution in [3.63, 3.8) is 0 Å². The summed E-state index contributed by atoms with van der Waals surface area (Å²) in [7, 11) is 0. The van der Waals surface area contributed by atoms with Gasteiger partial charge in [-0.05, 0) is 48.2 Å². The van der Waals surface area contributed by atoms with Crippen LogP contribution in [0.25, 0.3) is 6.08 Å². The van der Waals surface area contributed by atoms with Crippen LogP contribution in [0, 0.1) is 5.82 Å². The predicted octanol–water partition coefficient (Wildman–Crippen LogP) is 6.04. The molecular weight excluding hydrogens is 469 g/mol. The number of amides is 2. The molecule has 1 aliphatic rings. The van der Waals surface area contributed by atoms with Gasteiger partial charge in [0.1, 0.15) is 18.2 Å². The van der Waals surface area contributed by atoms with Gasteiger partial charge >= 0.3 is 0 Å². The van der Waals surface area contributed by atoms with Crippen molar-refractivity contribution in [3.05, 3.63) is 80.4 Å². The molecule has 2 amide bonds. The third-order valence-corrected chi connectivity index (χ3v) is 5.62. The van der Waals surface area contributed by atoms with E-state index in [9.17, 15) is 14.0 Å². The SMILES string of the molecule is C=CCOc1ccc(Br)cc1/C=C1\SC(=O)N(Cc2c(F)cccc2Cl)C1=O. The van der Waals surface area contributed by atoms with Gasteiger partial charge < -0.3 is 4.74 Å². The van der Waals surface area contributed by atoms with Gasteiger partial charge in [-0.25, -0.2) is 4.39 Å². The molecule has 1 fully saturated rings. The van der Waals surface area contributed by atoms with E-state index in [4.69, 9.17) is 16.3 Å². The highest BCUT2D eigenvalue weighted by Gasteiger charge is 2.36. The minimum absolute atomic E-state index is 0.102. The summed E-state index contributed by atoms with van der Waals surface area (Å²) in [4.78, 5) is 26.3. The number of ether oxygens (including phenoxy) is 1. The quantitative estimate of drug-likeness (QED) is 0.372. The summed E-state index contributed by atoms with van der Waals surface area (Å²) in [6, 6.07) is 9.55. The second kappa shape index (κ2) is 8.94. The van der Waals surface area contributed by atoms with E-state index in [0.29, 0.717) is 17.9 Å². The summed E-state index contributed by atoms with van der Waals surface area (Å²) in [5.41, 5.74) is 0.732. The molecule has 3 rings (SSSR count). The standard InChI is InChI=1S/C20H14BrClFNO3S/c1-2-8-27-17-7-6-13(21)9-12(17)10-18-19(25)24(20(26)28-18)11-14-15(22)4-3-5-16(14)23/h2-7,9-10H,1,8,11H2/b18-10-. The molecule has 144 valence electrons. The van der Waals surface area contributed by atoms with E-state index in [1.54, 1.807) is 24.3 Å². The Morgan fingerprint density at radius 3 is 2.79 bits per heavy atom. The molecule has 0 atom stereocenters. The summed E-state index contributed by atoms with van der Waals surface area (Å²) in [5.74, 6) is -0.529. The Bertz CT molecular complexity index is 975. The first-order chi connectivity index (χ1) is 13.4. The summed E-state index contributed by atoms with van der Waals surface area (Å²) in [6.45, 7) is 3.68. The molecule has 0 unspecified atom stereocenters. The molecule has 1 aliphatic heterocycles. The van der Waals surface area contributed by atoms with E-state index in [-0.39, 0.29) is 22.0 Å². The predicted molar refractivity (Wildman–Crippen MR) is 113 cm³/mol. The number of rotatable bonds is 6. The number of carbonyl (C=O) groups is 2. The van der Waals surface area contributed by atoms with E-state index in [0.717, 1.165) is 21.1 Å². The largest absolute Gasteiger partial charge is 0.489 e. The average Bonchev–Trinajstić information content (AvgIpc) is 2.91. The minimum atomic E-state index is -0.567. The Hall–Kier alpha value is -2.09. The summed E-state index contributed by atoms with van der Waals surface area (Å²) in [6.07, 6.45) is 3.19. The van der Waals surface area contributed by atoms with Crippen molar-refractivity contribution in [2.45, 2.75) is 6.54 Å². The summed E-state index contributed by atoms with van der Waals surface area (Å²) >= 11 is 10.2. The van der Waals surface area contributed by atoms with E-state index in [2.05, 4.69) is 22.5 Å². The molecule has 0 N–H and O–H groups in total. The second-order valence-corrected chi connectivity index (χ2v) is 8.07. The van der Waals surface area contributed by atoms with Crippen molar-refractivity contribution >= 4 is 56.5 Å². The fraction of sp³-hybridized carbons (Fsp3) is 0.100. The molecule has 2 aromatic carbocycles. The van der Waals surface area contributed by atoms with Gasteiger partial charge in [0.2, 0.25) is 0 Å². The lowest BCUT2D eigenvalue weighted by molar-refractivity contribution is -0.123. The molecule has 0 spiro atoms. The summed E-state index contributed by atoms with van der Waals surface area (Å²) < 4.78 is 20.4. The monoisotopic (exact) mass is 481 g/mol. The van der Waals surface area contributed by atoms with Crippen molar-refractivity contribution in [1.82, 2.24) is 4.90 Å². The van der Waals surface area contributed by atoms with E-state index in [1.165, 1.54) is 18.2 Å². The maximum atomic E-state index is 14.0. The van der Waals surface area contributed by atoms with Crippen molar-refractivity contribution in [1.29, 1.82) is 0 Å². The van der Waals surface area contributed by atoms with Crippen LogP contribution < -0.4 is 4.74 Å². The van der Waals surface area contributed by atoms with Crippen LogP contribution in [0.3, 0.4) is 0 Å². The maximum Gasteiger partial charge on any atom is 0.293 e. The van der Waals surface area contributed by atoms with Gasteiger partial charge in [-0.3, -0.25) is 14.5 Å². The first-order valence-electron chi connectivity index (χ1n) is 8.12. The van der Waals surface area contributed by atoms with Gasteiger partial charge in [0.05, 0.1) is 11.4 Å². The highest BCUT2D eigenvalue weighted by Crippen LogP contribution is 2.36. The second-order valence-electron chi connectivity index (χ2n) is 5.75.